The quantitative estimate of drug-likeness (QED) is 0.229. The van der Waals surface area contributed by atoms with E-state index in [-0.39, 0.29) is 0 Å². The van der Waals surface area contributed by atoms with Crippen molar-refractivity contribution < 1.29 is 0 Å². The summed E-state index contributed by atoms with van der Waals surface area (Å²) in [5.74, 6) is 0. The molecular weight excluding hydrogens is 462 g/mol. The molecular formula is C35H23N3. The lowest BCUT2D eigenvalue weighted by molar-refractivity contribution is 1.01. The van der Waals surface area contributed by atoms with Gasteiger partial charge < -0.3 is 4.57 Å². The van der Waals surface area contributed by atoms with Gasteiger partial charge in [-0.1, -0.05) is 84.9 Å². The number of hydrogen-bond donors (Lipinski definition) is 0. The maximum absolute atomic E-state index is 4.69. The van der Waals surface area contributed by atoms with Gasteiger partial charge in [-0.25, -0.2) is 0 Å². The molecule has 0 amide bonds. The molecule has 0 fully saturated rings. The lowest BCUT2D eigenvalue weighted by atomic mass is 9.94. The second-order valence-corrected chi connectivity index (χ2v) is 9.94. The van der Waals surface area contributed by atoms with Gasteiger partial charge in [-0.3, -0.25) is 9.97 Å². The minimum Gasteiger partial charge on any atom is -0.344 e. The van der Waals surface area contributed by atoms with Gasteiger partial charge in [0.25, 0.3) is 0 Å². The Kier molecular flexibility index (Phi) is 4.44. The van der Waals surface area contributed by atoms with Crippen LogP contribution in [0.4, 0.5) is 0 Å². The molecule has 2 heterocycles. The number of aromatic nitrogens is 3. The molecule has 0 unspecified atom stereocenters. The number of aryl methyl sites for hydroxylation is 1. The normalized spacial score (nSPS) is 11.8. The van der Waals surface area contributed by atoms with Gasteiger partial charge in [0.1, 0.15) is 0 Å². The highest BCUT2D eigenvalue weighted by atomic mass is 14.9. The van der Waals surface area contributed by atoms with E-state index < -0.39 is 0 Å². The van der Waals surface area contributed by atoms with Gasteiger partial charge in [0.05, 0.1) is 11.0 Å². The summed E-state index contributed by atoms with van der Waals surface area (Å²) < 4.78 is 2.27. The largest absolute Gasteiger partial charge is 0.344 e. The smallest absolute Gasteiger partial charge is 0.0971 e. The molecule has 0 atom stereocenters. The van der Waals surface area contributed by atoms with E-state index in [1.807, 2.05) is 0 Å². The lowest BCUT2D eigenvalue weighted by Crippen LogP contribution is -1.89. The van der Waals surface area contributed by atoms with Gasteiger partial charge >= 0.3 is 0 Å². The molecule has 0 aliphatic rings. The maximum Gasteiger partial charge on any atom is 0.0971 e. The topological polar surface area (TPSA) is 30.7 Å². The second-order valence-electron chi connectivity index (χ2n) is 9.94. The minimum absolute atomic E-state index is 0.951. The van der Waals surface area contributed by atoms with Gasteiger partial charge in [-0.2, -0.15) is 0 Å². The molecule has 2 aromatic heterocycles. The van der Waals surface area contributed by atoms with Crippen LogP contribution in [0.1, 0.15) is 0 Å². The minimum atomic E-state index is 0.951. The van der Waals surface area contributed by atoms with Crippen LogP contribution in [0.25, 0.3) is 76.6 Å². The van der Waals surface area contributed by atoms with Gasteiger partial charge in [-0.05, 0) is 57.3 Å². The van der Waals surface area contributed by atoms with Crippen LogP contribution in [0, 0.1) is 0 Å². The average Bonchev–Trinajstić information content (AvgIpc) is 3.28. The maximum atomic E-state index is 4.69. The number of para-hydroxylation sites is 1. The molecule has 6 aromatic carbocycles. The third-order valence-electron chi connectivity index (χ3n) is 7.91. The molecule has 38 heavy (non-hydrogen) atoms. The second kappa shape index (κ2) is 7.99. The first-order valence-corrected chi connectivity index (χ1v) is 12.9. The average molecular weight is 486 g/mol. The lowest BCUT2D eigenvalue weighted by Gasteiger charge is -2.11. The third-order valence-corrected chi connectivity index (χ3v) is 7.91. The third kappa shape index (κ3) is 3.02. The molecule has 0 saturated heterocycles. The zero-order chi connectivity index (χ0) is 25.2. The summed E-state index contributed by atoms with van der Waals surface area (Å²) in [5.41, 5.74) is 9.27. The van der Waals surface area contributed by atoms with E-state index in [1.165, 1.54) is 54.8 Å². The first kappa shape index (κ1) is 21.1. The van der Waals surface area contributed by atoms with Crippen LogP contribution in [0.5, 0.6) is 0 Å². The fraction of sp³-hybridized carbons (Fsp3) is 0.0286. The standard InChI is InChI=1S/C35H23N3/c1-38-32-9-5-4-7-27(32)31-21-25(15-17-33(31)38)23-12-10-22(11-13-23)24-14-16-29-30(20-24)26-6-2-3-8-28(26)34-35(29)37-19-18-36-34/h2-21H,1H3. The Morgan fingerprint density at radius 2 is 0.921 bits per heavy atom. The highest BCUT2D eigenvalue weighted by molar-refractivity contribution is 6.23. The van der Waals surface area contributed by atoms with Gasteiger partial charge in [0, 0.05) is 52.0 Å². The van der Waals surface area contributed by atoms with Crippen molar-refractivity contribution >= 4 is 54.4 Å². The summed E-state index contributed by atoms with van der Waals surface area (Å²) in [6.45, 7) is 0. The Balaban J connectivity index is 1.24. The van der Waals surface area contributed by atoms with E-state index in [0.29, 0.717) is 0 Å². The fourth-order valence-electron chi connectivity index (χ4n) is 6.01. The summed E-state index contributed by atoms with van der Waals surface area (Å²) in [6, 6.07) is 39.5. The van der Waals surface area contributed by atoms with E-state index in [1.54, 1.807) is 12.4 Å². The van der Waals surface area contributed by atoms with Crippen LogP contribution in [0.15, 0.2) is 122 Å². The summed E-state index contributed by atoms with van der Waals surface area (Å²) in [4.78, 5) is 9.34. The van der Waals surface area contributed by atoms with Crippen molar-refractivity contribution in [2.24, 2.45) is 7.05 Å². The van der Waals surface area contributed by atoms with Crippen LogP contribution in [-0.2, 0) is 7.05 Å². The number of rotatable bonds is 2. The van der Waals surface area contributed by atoms with Crippen molar-refractivity contribution in [1.29, 1.82) is 0 Å². The van der Waals surface area contributed by atoms with Crippen molar-refractivity contribution in [3.8, 4) is 22.3 Å². The first-order chi connectivity index (χ1) is 18.8. The van der Waals surface area contributed by atoms with E-state index in [2.05, 4.69) is 131 Å². The Morgan fingerprint density at radius 1 is 0.421 bits per heavy atom. The zero-order valence-corrected chi connectivity index (χ0v) is 20.9. The van der Waals surface area contributed by atoms with Crippen molar-refractivity contribution in [1.82, 2.24) is 14.5 Å². The highest BCUT2D eigenvalue weighted by Gasteiger charge is 2.12. The SMILES string of the molecule is Cn1c2ccccc2c2cc(-c3ccc(-c4ccc5c(c4)c4ccccc4c4nccnc54)cc3)ccc21. The molecule has 3 nitrogen and oxygen atoms in total. The molecule has 0 spiro atoms. The predicted molar refractivity (Wildman–Crippen MR) is 159 cm³/mol. The fourth-order valence-corrected chi connectivity index (χ4v) is 6.01. The Bertz CT molecular complexity index is 2150. The molecule has 0 N–H and O–H groups in total. The first-order valence-electron chi connectivity index (χ1n) is 12.9. The van der Waals surface area contributed by atoms with Crippen LogP contribution in [-0.4, -0.2) is 14.5 Å². The number of nitrogens with zero attached hydrogens (tertiary/aromatic N) is 3. The molecule has 8 aromatic rings. The van der Waals surface area contributed by atoms with Crippen molar-refractivity contribution in [3.05, 3.63) is 122 Å². The molecule has 8 rings (SSSR count). The van der Waals surface area contributed by atoms with Crippen LogP contribution < -0.4 is 0 Å². The van der Waals surface area contributed by atoms with Gasteiger partial charge in [0.2, 0.25) is 0 Å². The Hall–Kier alpha value is -5.02. The molecule has 3 heteroatoms. The van der Waals surface area contributed by atoms with Gasteiger partial charge in [-0.15, -0.1) is 0 Å². The number of hydrogen-bond acceptors (Lipinski definition) is 2. The van der Waals surface area contributed by atoms with Crippen molar-refractivity contribution in [3.63, 3.8) is 0 Å². The summed E-state index contributed by atoms with van der Waals surface area (Å²) >= 11 is 0. The van der Waals surface area contributed by atoms with Crippen LogP contribution in [0.2, 0.25) is 0 Å². The van der Waals surface area contributed by atoms with Crippen molar-refractivity contribution in [2.75, 3.05) is 0 Å². The van der Waals surface area contributed by atoms with E-state index >= 15 is 0 Å². The summed E-state index contributed by atoms with van der Waals surface area (Å²) in [7, 11) is 2.14. The van der Waals surface area contributed by atoms with Crippen LogP contribution >= 0.6 is 0 Å². The van der Waals surface area contributed by atoms with Gasteiger partial charge in [0.15, 0.2) is 0 Å². The monoisotopic (exact) mass is 485 g/mol. The molecule has 0 radical (unpaired) electrons. The zero-order valence-electron chi connectivity index (χ0n) is 20.9. The molecule has 0 aliphatic carbocycles. The summed E-state index contributed by atoms with van der Waals surface area (Å²) in [6.07, 6.45) is 3.55. The molecule has 178 valence electrons. The highest BCUT2D eigenvalue weighted by Crippen LogP contribution is 2.36. The van der Waals surface area contributed by atoms with E-state index in [9.17, 15) is 0 Å². The van der Waals surface area contributed by atoms with E-state index in [4.69, 9.17) is 0 Å². The Morgan fingerprint density at radius 3 is 1.63 bits per heavy atom. The predicted octanol–water partition coefficient (Wildman–Crippen LogP) is 8.92. The number of benzene rings is 6. The molecule has 0 saturated carbocycles. The van der Waals surface area contributed by atoms with E-state index in [0.717, 1.165) is 21.8 Å². The molecule has 0 aliphatic heterocycles. The van der Waals surface area contributed by atoms with Crippen LogP contribution in [0.3, 0.4) is 0 Å². The Labute approximate surface area is 219 Å². The van der Waals surface area contributed by atoms with Crippen molar-refractivity contribution in [2.45, 2.75) is 0 Å². The summed E-state index contributed by atoms with van der Waals surface area (Å²) in [5, 5.41) is 7.27. The number of fused-ring (bicyclic) bond motifs is 9. The molecule has 0 bridgehead atoms.